The second kappa shape index (κ2) is 16.2. The van der Waals surface area contributed by atoms with Crippen molar-refractivity contribution < 1.29 is 23.5 Å². The van der Waals surface area contributed by atoms with Crippen LogP contribution in [0, 0.1) is 0 Å². The Hall–Kier alpha value is -1.66. The molecule has 0 saturated carbocycles. The van der Waals surface area contributed by atoms with Gasteiger partial charge in [0.2, 0.25) is 14.4 Å². The van der Waals surface area contributed by atoms with Crippen molar-refractivity contribution in [3.05, 3.63) is 35.9 Å². The summed E-state index contributed by atoms with van der Waals surface area (Å²) >= 11 is 0. The Morgan fingerprint density at radius 3 is 1.86 bits per heavy atom. The molecule has 0 amide bonds. The summed E-state index contributed by atoms with van der Waals surface area (Å²) in [6.45, 7) is 17.5. The molecule has 1 rings (SSSR count). The van der Waals surface area contributed by atoms with E-state index < -0.39 is 26.4 Å². The number of unbranched alkanes of at least 4 members (excludes halogenated alkanes) is 5. The van der Waals surface area contributed by atoms with Crippen LogP contribution >= 0.6 is 0 Å². The summed E-state index contributed by atoms with van der Waals surface area (Å²) in [5.74, 6) is -1.04. The molecule has 0 spiro atoms. The van der Waals surface area contributed by atoms with Crippen molar-refractivity contribution in [3.63, 3.8) is 0 Å². The van der Waals surface area contributed by atoms with Gasteiger partial charge in [-0.05, 0) is 29.5 Å². The van der Waals surface area contributed by atoms with Crippen molar-refractivity contribution in [2.45, 2.75) is 129 Å². The van der Waals surface area contributed by atoms with Gasteiger partial charge < -0.3 is 13.9 Å². The number of carbonyl (C=O) groups is 2. The van der Waals surface area contributed by atoms with E-state index in [-0.39, 0.29) is 6.10 Å². The fourth-order valence-corrected chi connectivity index (χ4v) is 10.8. The molecule has 0 heterocycles. The first kappa shape index (κ1) is 31.4. The summed E-state index contributed by atoms with van der Waals surface area (Å²) < 4.78 is 18.2. The molecule has 0 aliphatic carbocycles. The van der Waals surface area contributed by atoms with E-state index >= 15 is 0 Å². The van der Waals surface area contributed by atoms with Crippen molar-refractivity contribution in [1.82, 2.24) is 0 Å². The quantitative estimate of drug-likeness (QED) is 0.121. The summed E-state index contributed by atoms with van der Waals surface area (Å²) in [7, 11) is -2.10. The Balaban J connectivity index is 3.02. The standard InChI is InChI=1S/C29H50O5Si/c1-9-10-11-12-13-17-20-27(21-32-35(22(2)3,23(4)5)24(6)7)34-29(31)28(33-25(8)30)26-18-15-14-16-19-26/h14-16,18-19,22-24,27-28H,9-13,17,20-21H2,1-8H3/t27-,28-/m0/s1. The van der Waals surface area contributed by atoms with Crippen LogP contribution in [-0.2, 0) is 23.5 Å². The predicted molar refractivity (Wildman–Crippen MR) is 146 cm³/mol. The number of ether oxygens (including phenoxy) is 2. The van der Waals surface area contributed by atoms with Crippen LogP contribution in [0.25, 0.3) is 0 Å². The first-order chi connectivity index (χ1) is 16.6. The average molecular weight is 507 g/mol. The summed E-state index contributed by atoms with van der Waals surface area (Å²) in [5, 5.41) is 0. The topological polar surface area (TPSA) is 61.8 Å². The van der Waals surface area contributed by atoms with Gasteiger partial charge in [0.1, 0.15) is 6.10 Å². The Bertz CT molecular complexity index is 710. The normalized spacial score (nSPS) is 13.8. The van der Waals surface area contributed by atoms with Crippen molar-refractivity contribution >= 4 is 20.3 Å². The van der Waals surface area contributed by atoms with Gasteiger partial charge in [-0.3, -0.25) is 4.79 Å². The van der Waals surface area contributed by atoms with E-state index in [0.717, 1.165) is 19.3 Å². The molecule has 0 aliphatic heterocycles. The fourth-order valence-electron chi connectivity index (χ4n) is 5.34. The lowest BCUT2D eigenvalue weighted by atomic mass is 10.1. The molecular formula is C29H50O5Si. The van der Waals surface area contributed by atoms with Crippen LogP contribution in [-0.4, -0.2) is 33.0 Å². The molecule has 0 N–H and O–H groups in total. The minimum atomic E-state index is -2.10. The van der Waals surface area contributed by atoms with Crippen molar-refractivity contribution in [2.24, 2.45) is 0 Å². The van der Waals surface area contributed by atoms with Gasteiger partial charge in [-0.2, -0.15) is 0 Å². The van der Waals surface area contributed by atoms with Crippen LogP contribution in [0.1, 0.15) is 112 Å². The first-order valence-electron chi connectivity index (χ1n) is 13.6. The highest BCUT2D eigenvalue weighted by Gasteiger charge is 2.45. The Kier molecular flexibility index (Phi) is 14.5. The number of esters is 2. The number of hydrogen-bond donors (Lipinski definition) is 0. The van der Waals surface area contributed by atoms with E-state index in [1.54, 1.807) is 12.1 Å². The van der Waals surface area contributed by atoms with Gasteiger partial charge in [0.15, 0.2) is 0 Å². The SMILES string of the molecule is CCCCCCCC[C@@H](CO[Si](C(C)C)(C(C)C)C(C)C)OC(=O)[C@@H](OC(C)=O)c1ccccc1. The lowest BCUT2D eigenvalue weighted by molar-refractivity contribution is -0.172. The lowest BCUT2D eigenvalue weighted by Gasteiger charge is -2.43. The minimum Gasteiger partial charge on any atom is -0.457 e. The van der Waals surface area contributed by atoms with Gasteiger partial charge in [-0.15, -0.1) is 0 Å². The Morgan fingerprint density at radius 2 is 1.34 bits per heavy atom. The van der Waals surface area contributed by atoms with Crippen LogP contribution in [0.15, 0.2) is 30.3 Å². The highest BCUT2D eigenvalue weighted by Crippen LogP contribution is 2.42. The Morgan fingerprint density at radius 1 is 0.800 bits per heavy atom. The predicted octanol–water partition coefficient (Wildman–Crippen LogP) is 8.15. The largest absolute Gasteiger partial charge is 0.457 e. The van der Waals surface area contributed by atoms with E-state index in [1.807, 2.05) is 18.2 Å². The molecule has 0 radical (unpaired) electrons. The van der Waals surface area contributed by atoms with Crippen LogP contribution < -0.4 is 0 Å². The van der Waals surface area contributed by atoms with Crippen molar-refractivity contribution in [2.75, 3.05) is 6.61 Å². The van der Waals surface area contributed by atoms with Crippen molar-refractivity contribution in [1.29, 1.82) is 0 Å². The maximum Gasteiger partial charge on any atom is 0.352 e. The molecule has 0 saturated heterocycles. The third-order valence-electron chi connectivity index (χ3n) is 6.99. The number of hydrogen-bond acceptors (Lipinski definition) is 5. The molecule has 200 valence electrons. The van der Waals surface area contributed by atoms with Gasteiger partial charge in [0.05, 0.1) is 6.61 Å². The van der Waals surface area contributed by atoms with E-state index in [4.69, 9.17) is 13.9 Å². The zero-order valence-electron chi connectivity index (χ0n) is 23.5. The van der Waals surface area contributed by atoms with E-state index in [9.17, 15) is 9.59 Å². The summed E-state index contributed by atoms with van der Waals surface area (Å²) in [4.78, 5) is 25.0. The molecule has 0 unspecified atom stereocenters. The monoisotopic (exact) mass is 506 g/mol. The zero-order valence-corrected chi connectivity index (χ0v) is 24.5. The molecule has 1 aromatic carbocycles. The van der Waals surface area contributed by atoms with Crippen LogP contribution in [0.4, 0.5) is 0 Å². The Labute approximate surface area is 215 Å². The van der Waals surface area contributed by atoms with E-state index in [0.29, 0.717) is 28.8 Å². The third-order valence-corrected chi connectivity index (χ3v) is 13.1. The van der Waals surface area contributed by atoms with Gasteiger partial charge in [0.25, 0.3) is 0 Å². The highest BCUT2D eigenvalue weighted by atomic mass is 28.4. The van der Waals surface area contributed by atoms with E-state index in [2.05, 4.69) is 48.5 Å². The van der Waals surface area contributed by atoms with E-state index in [1.165, 1.54) is 32.6 Å². The molecule has 5 nitrogen and oxygen atoms in total. The second-order valence-corrected chi connectivity index (χ2v) is 16.1. The van der Waals surface area contributed by atoms with Gasteiger partial charge >= 0.3 is 11.9 Å². The maximum atomic E-state index is 13.2. The van der Waals surface area contributed by atoms with Crippen LogP contribution in [0.2, 0.25) is 16.6 Å². The molecule has 0 aliphatic rings. The summed E-state index contributed by atoms with van der Waals surface area (Å²) in [5.41, 5.74) is 1.96. The molecule has 0 aromatic heterocycles. The third kappa shape index (κ3) is 10.1. The molecule has 0 fully saturated rings. The second-order valence-electron chi connectivity index (χ2n) is 10.6. The first-order valence-corrected chi connectivity index (χ1v) is 15.8. The summed E-state index contributed by atoms with van der Waals surface area (Å²) in [6.07, 6.45) is 6.32. The summed E-state index contributed by atoms with van der Waals surface area (Å²) in [6, 6.07) is 9.07. The van der Waals surface area contributed by atoms with Gasteiger partial charge in [-0.1, -0.05) is 111 Å². The number of carbonyl (C=O) groups excluding carboxylic acids is 2. The van der Waals surface area contributed by atoms with Crippen molar-refractivity contribution in [3.8, 4) is 0 Å². The molecule has 6 heteroatoms. The molecule has 2 atom stereocenters. The van der Waals surface area contributed by atoms with Crippen LogP contribution in [0.3, 0.4) is 0 Å². The zero-order chi connectivity index (χ0) is 26.4. The fraction of sp³-hybridized carbons (Fsp3) is 0.724. The molecule has 1 aromatic rings. The smallest absolute Gasteiger partial charge is 0.352 e. The molecular weight excluding hydrogens is 456 g/mol. The number of benzene rings is 1. The lowest BCUT2D eigenvalue weighted by Crippen LogP contribution is -2.49. The molecule has 35 heavy (non-hydrogen) atoms. The number of rotatable bonds is 17. The molecule has 0 bridgehead atoms. The van der Waals surface area contributed by atoms with Gasteiger partial charge in [0, 0.05) is 12.5 Å². The average Bonchev–Trinajstić information content (AvgIpc) is 2.79. The van der Waals surface area contributed by atoms with Crippen LogP contribution in [0.5, 0.6) is 0 Å². The highest BCUT2D eigenvalue weighted by molar-refractivity contribution is 6.77. The maximum absolute atomic E-state index is 13.2. The minimum absolute atomic E-state index is 0.362. The van der Waals surface area contributed by atoms with Gasteiger partial charge in [-0.25, -0.2) is 4.79 Å².